The lowest BCUT2D eigenvalue weighted by Crippen LogP contribution is -2.33. The molecule has 0 saturated carbocycles. The summed E-state index contributed by atoms with van der Waals surface area (Å²) in [5, 5.41) is 15.2. The summed E-state index contributed by atoms with van der Waals surface area (Å²) in [4.78, 5) is 30.6. The molecule has 1 atom stereocenters. The fourth-order valence-corrected chi connectivity index (χ4v) is 4.38. The van der Waals surface area contributed by atoms with Crippen molar-refractivity contribution < 1.29 is 13.6 Å². The Balaban J connectivity index is 1.43. The molecule has 194 valence electrons. The molecule has 38 heavy (non-hydrogen) atoms. The molecule has 1 N–H and O–H groups in total. The van der Waals surface area contributed by atoms with Gasteiger partial charge in [-0.3, -0.25) is 14.2 Å². The van der Waals surface area contributed by atoms with Crippen LogP contribution in [0.4, 0.5) is 14.5 Å². The summed E-state index contributed by atoms with van der Waals surface area (Å²) in [5.74, 6) is -0.467. The van der Waals surface area contributed by atoms with E-state index in [-0.39, 0.29) is 17.1 Å². The van der Waals surface area contributed by atoms with Gasteiger partial charge in [0.05, 0.1) is 35.6 Å². The normalized spacial score (nSPS) is 12.3. The average Bonchev–Trinajstić information content (AvgIpc) is 3.51. The molecule has 0 aliphatic rings. The van der Waals surface area contributed by atoms with Gasteiger partial charge in [-0.05, 0) is 42.8 Å². The van der Waals surface area contributed by atoms with Crippen LogP contribution in [0.2, 0.25) is 10.2 Å². The Bertz CT molecular complexity index is 1720. The first-order valence-corrected chi connectivity index (χ1v) is 12.0. The zero-order chi connectivity index (χ0) is 27.0. The predicted molar refractivity (Wildman–Crippen MR) is 138 cm³/mol. The van der Waals surface area contributed by atoms with Crippen molar-refractivity contribution in [2.45, 2.75) is 25.9 Å². The molecule has 10 nitrogen and oxygen atoms in total. The van der Waals surface area contributed by atoms with Gasteiger partial charge in [0.1, 0.15) is 6.04 Å². The van der Waals surface area contributed by atoms with Crippen molar-refractivity contribution in [2.75, 3.05) is 5.32 Å². The lowest BCUT2D eigenvalue weighted by Gasteiger charge is -2.18. The lowest BCUT2D eigenvalue weighted by atomic mass is 10.1. The Morgan fingerprint density at radius 2 is 1.95 bits per heavy atom. The Labute approximate surface area is 223 Å². The SMILES string of the molecule is CC[C@@H](C(=O)Nc1ccc2c(cnn2C(F)F)c1)n1cnc(-c2cc(Cl)ccc2-n2cc(Cl)nn2)cc1=O. The molecule has 1 amide bonds. The van der Waals surface area contributed by atoms with E-state index in [0.29, 0.717) is 37.7 Å². The molecule has 0 spiro atoms. The molecule has 5 rings (SSSR count). The number of hydrogen-bond donors (Lipinski definition) is 1. The number of alkyl halides is 2. The van der Waals surface area contributed by atoms with Gasteiger partial charge in [-0.1, -0.05) is 35.3 Å². The standard InChI is InChI=1S/C24H18Cl2F2N8O2/c1-2-18(23(38)31-15-4-6-19-13(7-15)10-30-36(19)24(27)28)34-12-29-17(9-22(34)37)16-8-14(25)3-5-20(16)35-11-21(26)32-33-35/h3-12,18,24H,2H2,1H3,(H,31,38)/t18-/m0/s1. The highest BCUT2D eigenvalue weighted by molar-refractivity contribution is 6.31. The minimum Gasteiger partial charge on any atom is -0.324 e. The van der Waals surface area contributed by atoms with Gasteiger partial charge in [-0.15, -0.1) is 5.10 Å². The van der Waals surface area contributed by atoms with E-state index in [0.717, 1.165) is 0 Å². The van der Waals surface area contributed by atoms with Gasteiger partial charge >= 0.3 is 6.55 Å². The molecule has 0 aliphatic carbocycles. The third-order valence-electron chi connectivity index (χ3n) is 5.86. The van der Waals surface area contributed by atoms with Crippen molar-refractivity contribution in [1.82, 2.24) is 34.3 Å². The van der Waals surface area contributed by atoms with Crippen LogP contribution in [-0.2, 0) is 4.79 Å². The lowest BCUT2D eigenvalue weighted by molar-refractivity contribution is -0.119. The highest BCUT2D eigenvalue weighted by Gasteiger charge is 2.22. The number of rotatable bonds is 7. The van der Waals surface area contributed by atoms with Crippen LogP contribution < -0.4 is 10.9 Å². The molecular weight excluding hydrogens is 541 g/mol. The molecule has 0 fully saturated rings. The molecule has 0 radical (unpaired) electrons. The van der Waals surface area contributed by atoms with Crippen molar-refractivity contribution in [1.29, 1.82) is 0 Å². The van der Waals surface area contributed by atoms with Crippen LogP contribution in [0.3, 0.4) is 0 Å². The van der Waals surface area contributed by atoms with E-state index in [1.54, 1.807) is 25.1 Å². The maximum atomic E-state index is 13.1. The van der Waals surface area contributed by atoms with E-state index >= 15 is 0 Å². The first-order valence-electron chi connectivity index (χ1n) is 11.3. The van der Waals surface area contributed by atoms with Crippen molar-refractivity contribution >= 4 is 45.7 Å². The topological polar surface area (TPSA) is 113 Å². The first kappa shape index (κ1) is 25.5. The number of nitrogens with one attached hydrogen (secondary N) is 1. The molecule has 5 aromatic rings. The number of anilines is 1. The molecule has 0 unspecified atom stereocenters. The smallest absolute Gasteiger partial charge is 0.324 e. The molecular formula is C24H18Cl2F2N8O2. The van der Waals surface area contributed by atoms with E-state index in [1.807, 2.05) is 0 Å². The number of halogens is 4. The fourth-order valence-electron chi connectivity index (χ4n) is 4.09. The van der Waals surface area contributed by atoms with Crippen LogP contribution in [0, 0.1) is 0 Å². The van der Waals surface area contributed by atoms with E-state index in [1.165, 1.54) is 52.2 Å². The Morgan fingerprint density at radius 3 is 2.63 bits per heavy atom. The molecule has 0 aliphatic heterocycles. The third kappa shape index (κ3) is 4.87. The Morgan fingerprint density at radius 1 is 1.13 bits per heavy atom. The second kappa shape index (κ2) is 10.3. The van der Waals surface area contributed by atoms with Gasteiger partial charge < -0.3 is 5.32 Å². The van der Waals surface area contributed by atoms with Crippen LogP contribution in [0.5, 0.6) is 0 Å². The first-order chi connectivity index (χ1) is 18.2. The number of nitrogens with zero attached hydrogens (tertiary/aromatic N) is 7. The zero-order valence-corrected chi connectivity index (χ0v) is 21.1. The van der Waals surface area contributed by atoms with E-state index in [4.69, 9.17) is 23.2 Å². The minimum absolute atomic E-state index is 0.188. The number of carbonyl (C=O) groups excluding carboxylic acids is 1. The summed E-state index contributed by atoms with van der Waals surface area (Å²) >= 11 is 12.1. The van der Waals surface area contributed by atoms with Gasteiger partial charge in [0.25, 0.3) is 5.56 Å². The highest BCUT2D eigenvalue weighted by Crippen LogP contribution is 2.28. The van der Waals surface area contributed by atoms with Crippen molar-refractivity contribution in [3.05, 3.63) is 81.7 Å². The highest BCUT2D eigenvalue weighted by atomic mass is 35.5. The van der Waals surface area contributed by atoms with Gasteiger partial charge in [0, 0.05) is 27.7 Å². The van der Waals surface area contributed by atoms with Crippen molar-refractivity contribution in [2.24, 2.45) is 0 Å². The summed E-state index contributed by atoms with van der Waals surface area (Å²) in [7, 11) is 0. The van der Waals surface area contributed by atoms with Crippen LogP contribution in [0.15, 0.2) is 66.0 Å². The summed E-state index contributed by atoms with van der Waals surface area (Å²) < 4.78 is 29.4. The second-order valence-corrected chi connectivity index (χ2v) is 9.04. The Kier molecular flexibility index (Phi) is 6.91. The van der Waals surface area contributed by atoms with E-state index < -0.39 is 24.1 Å². The third-order valence-corrected chi connectivity index (χ3v) is 6.26. The molecule has 14 heteroatoms. The quantitative estimate of drug-likeness (QED) is 0.296. The molecule has 3 heterocycles. The number of hydrogen-bond acceptors (Lipinski definition) is 6. The largest absolute Gasteiger partial charge is 0.333 e. The second-order valence-electron chi connectivity index (χ2n) is 8.22. The van der Waals surface area contributed by atoms with Crippen LogP contribution in [0.25, 0.3) is 27.8 Å². The average molecular weight is 559 g/mol. The maximum absolute atomic E-state index is 13.1. The number of benzene rings is 2. The fraction of sp³-hybridized carbons (Fsp3) is 0.167. The summed E-state index contributed by atoms with van der Waals surface area (Å²) in [6.07, 6.45) is 4.38. The molecule has 0 saturated heterocycles. The number of fused-ring (bicyclic) bond motifs is 1. The van der Waals surface area contributed by atoms with E-state index in [2.05, 4.69) is 25.7 Å². The summed E-state index contributed by atoms with van der Waals surface area (Å²) in [6, 6.07) is 9.88. The van der Waals surface area contributed by atoms with E-state index in [9.17, 15) is 18.4 Å². The number of carbonyl (C=O) groups is 1. The zero-order valence-electron chi connectivity index (χ0n) is 19.6. The summed E-state index contributed by atoms with van der Waals surface area (Å²) in [5.41, 5.74) is 1.52. The predicted octanol–water partition coefficient (Wildman–Crippen LogP) is 5.13. The van der Waals surface area contributed by atoms with Crippen molar-refractivity contribution in [3.63, 3.8) is 0 Å². The van der Waals surface area contributed by atoms with Crippen LogP contribution in [-0.4, -0.2) is 40.2 Å². The number of aromatic nitrogens is 7. The van der Waals surface area contributed by atoms with Gasteiger partial charge in [0.2, 0.25) is 5.91 Å². The van der Waals surface area contributed by atoms with Crippen molar-refractivity contribution in [3.8, 4) is 16.9 Å². The molecule has 2 aromatic carbocycles. The molecule has 3 aromatic heterocycles. The van der Waals surface area contributed by atoms with Gasteiger partial charge in [-0.25, -0.2) is 14.3 Å². The minimum atomic E-state index is -2.78. The number of amides is 1. The maximum Gasteiger partial charge on any atom is 0.333 e. The monoisotopic (exact) mass is 558 g/mol. The van der Waals surface area contributed by atoms with Crippen LogP contribution in [0.1, 0.15) is 25.9 Å². The van der Waals surface area contributed by atoms with Crippen LogP contribution >= 0.6 is 23.2 Å². The Hall–Kier alpha value is -4.16. The summed E-state index contributed by atoms with van der Waals surface area (Å²) in [6.45, 7) is -1.03. The molecule has 0 bridgehead atoms. The van der Waals surface area contributed by atoms with Gasteiger partial charge in [0.15, 0.2) is 5.15 Å². The van der Waals surface area contributed by atoms with Gasteiger partial charge in [-0.2, -0.15) is 13.9 Å².